The van der Waals surface area contributed by atoms with Crippen molar-refractivity contribution in [3.8, 4) is 28.6 Å². The number of nitrogens with zero attached hydrogens (tertiary/aromatic N) is 4. The summed E-state index contributed by atoms with van der Waals surface area (Å²) >= 11 is 2.76. The maximum Gasteiger partial charge on any atom is 0.236 e. The molecule has 0 aliphatic rings. The van der Waals surface area contributed by atoms with Crippen LogP contribution in [-0.2, 0) is 11.8 Å². The fourth-order valence-corrected chi connectivity index (χ4v) is 5.12. The molecule has 5 rings (SSSR count). The number of amides is 1. The van der Waals surface area contributed by atoms with Gasteiger partial charge in [0.25, 0.3) is 0 Å². The first-order valence-electron chi connectivity index (χ1n) is 10.5. The van der Waals surface area contributed by atoms with Gasteiger partial charge in [-0.3, -0.25) is 4.79 Å². The second-order valence-corrected chi connectivity index (χ2v) is 9.63. The van der Waals surface area contributed by atoms with Crippen molar-refractivity contribution in [3.05, 3.63) is 59.5 Å². The molecule has 1 N–H and O–H groups in total. The first-order valence-corrected chi connectivity index (χ1v) is 12.3. The van der Waals surface area contributed by atoms with Crippen LogP contribution in [0.4, 0.5) is 5.13 Å². The molecule has 10 heteroatoms. The molecule has 3 heterocycles. The lowest BCUT2D eigenvalue weighted by atomic mass is 10.1. The average Bonchev–Trinajstić information content (AvgIpc) is 3.54. The van der Waals surface area contributed by atoms with E-state index in [-0.39, 0.29) is 11.7 Å². The quantitative estimate of drug-likeness (QED) is 0.305. The summed E-state index contributed by atoms with van der Waals surface area (Å²) in [6.45, 7) is 2.00. The molecular formula is C24H21N5O3S2. The third-order valence-corrected chi connectivity index (χ3v) is 7.11. The Hall–Kier alpha value is -3.63. The molecule has 5 aromatic rings. The van der Waals surface area contributed by atoms with Crippen LogP contribution in [0, 0.1) is 6.92 Å². The van der Waals surface area contributed by atoms with E-state index in [2.05, 4.69) is 20.5 Å². The van der Waals surface area contributed by atoms with Crippen LogP contribution in [0.2, 0.25) is 0 Å². The Labute approximate surface area is 204 Å². The van der Waals surface area contributed by atoms with Crippen molar-refractivity contribution in [1.29, 1.82) is 0 Å². The Morgan fingerprint density at radius 3 is 2.79 bits per heavy atom. The Kier molecular flexibility index (Phi) is 6.08. The number of carbonyl (C=O) groups excluding carboxylic acids is 1. The molecule has 0 atom stereocenters. The van der Waals surface area contributed by atoms with Gasteiger partial charge in [-0.25, -0.2) is 4.98 Å². The molecule has 0 fully saturated rings. The number of hydrogen-bond donors (Lipinski definition) is 1. The summed E-state index contributed by atoms with van der Waals surface area (Å²) in [5.74, 6) is 1.84. The van der Waals surface area contributed by atoms with E-state index in [1.54, 1.807) is 7.11 Å². The number of thiazole rings is 1. The maximum absolute atomic E-state index is 12.6. The molecule has 0 unspecified atom stereocenters. The van der Waals surface area contributed by atoms with Gasteiger partial charge in [0.1, 0.15) is 0 Å². The maximum atomic E-state index is 12.6. The standard InChI is InChI=1S/C24H21N5O3S2/c1-14-20(15-8-5-4-6-9-15)26-23(34-14)25-19(30)13-33-24-28-27-22(29(24)2)18-12-16-10-7-11-17(31-3)21(16)32-18/h4-12H,13H2,1-3H3,(H,25,26,30). The van der Waals surface area contributed by atoms with E-state index in [0.29, 0.717) is 33.2 Å². The zero-order valence-corrected chi connectivity index (χ0v) is 20.4. The Morgan fingerprint density at radius 2 is 2.00 bits per heavy atom. The van der Waals surface area contributed by atoms with Gasteiger partial charge in [0.05, 0.1) is 18.6 Å². The predicted molar refractivity (Wildman–Crippen MR) is 134 cm³/mol. The van der Waals surface area contributed by atoms with E-state index >= 15 is 0 Å². The summed E-state index contributed by atoms with van der Waals surface area (Å²) in [6, 6.07) is 17.5. The fourth-order valence-electron chi connectivity index (χ4n) is 3.56. The molecule has 8 nitrogen and oxygen atoms in total. The summed E-state index contributed by atoms with van der Waals surface area (Å²) in [7, 11) is 3.45. The molecule has 34 heavy (non-hydrogen) atoms. The van der Waals surface area contributed by atoms with Crippen LogP contribution < -0.4 is 10.1 Å². The van der Waals surface area contributed by atoms with Crippen molar-refractivity contribution in [1.82, 2.24) is 19.7 Å². The van der Waals surface area contributed by atoms with Crippen LogP contribution in [0.5, 0.6) is 5.75 Å². The molecular weight excluding hydrogens is 470 g/mol. The third kappa shape index (κ3) is 4.29. The predicted octanol–water partition coefficient (Wildman–Crippen LogP) is 5.40. The minimum Gasteiger partial charge on any atom is -0.493 e. The lowest BCUT2D eigenvalue weighted by Gasteiger charge is -2.03. The van der Waals surface area contributed by atoms with Crippen LogP contribution in [0.3, 0.4) is 0 Å². The second kappa shape index (κ2) is 9.32. The molecule has 0 aliphatic heterocycles. The highest BCUT2D eigenvalue weighted by molar-refractivity contribution is 7.99. The molecule has 0 bridgehead atoms. The van der Waals surface area contributed by atoms with Gasteiger partial charge < -0.3 is 19.0 Å². The summed E-state index contributed by atoms with van der Waals surface area (Å²) in [4.78, 5) is 18.2. The van der Waals surface area contributed by atoms with Crippen LogP contribution in [-0.4, -0.2) is 38.5 Å². The van der Waals surface area contributed by atoms with E-state index in [1.807, 2.05) is 73.1 Å². The fraction of sp³-hybridized carbons (Fsp3) is 0.167. The van der Waals surface area contributed by atoms with Gasteiger partial charge in [0.2, 0.25) is 5.91 Å². The van der Waals surface area contributed by atoms with Gasteiger partial charge in [-0.1, -0.05) is 54.2 Å². The molecule has 3 aromatic heterocycles. The van der Waals surface area contributed by atoms with Gasteiger partial charge >= 0.3 is 0 Å². The summed E-state index contributed by atoms with van der Waals surface area (Å²) in [5.41, 5.74) is 2.57. The molecule has 0 spiro atoms. The Bertz CT molecular complexity index is 1470. The largest absolute Gasteiger partial charge is 0.493 e. The van der Waals surface area contributed by atoms with E-state index < -0.39 is 0 Å². The van der Waals surface area contributed by atoms with Gasteiger partial charge in [-0.05, 0) is 19.1 Å². The number of fused-ring (bicyclic) bond motifs is 1. The molecule has 0 radical (unpaired) electrons. The summed E-state index contributed by atoms with van der Waals surface area (Å²) in [6.07, 6.45) is 0. The number of aryl methyl sites for hydroxylation is 1. The minimum absolute atomic E-state index is 0.156. The highest BCUT2D eigenvalue weighted by Gasteiger charge is 2.18. The van der Waals surface area contributed by atoms with Crippen molar-refractivity contribution >= 4 is 45.1 Å². The molecule has 0 saturated heterocycles. The number of thioether (sulfide) groups is 1. The van der Waals surface area contributed by atoms with E-state index in [4.69, 9.17) is 9.15 Å². The van der Waals surface area contributed by atoms with Crippen LogP contribution >= 0.6 is 23.1 Å². The molecule has 2 aromatic carbocycles. The van der Waals surface area contributed by atoms with Crippen molar-refractivity contribution in [2.45, 2.75) is 12.1 Å². The average molecular weight is 492 g/mol. The first-order chi connectivity index (χ1) is 16.5. The molecule has 172 valence electrons. The first kappa shape index (κ1) is 22.2. The number of benzene rings is 2. The van der Waals surface area contributed by atoms with Gasteiger partial charge in [0, 0.05) is 22.9 Å². The van der Waals surface area contributed by atoms with Crippen molar-refractivity contribution < 1.29 is 13.9 Å². The van der Waals surface area contributed by atoms with Gasteiger partial charge in [0.15, 0.2) is 33.2 Å². The summed E-state index contributed by atoms with van der Waals surface area (Å²) < 4.78 is 13.2. The van der Waals surface area contributed by atoms with Crippen LogP contribution in [0.1, 0.15) is 4.88 Å². The lowest BCUT2D eigenvalue weighted by Crippen LogP contribution is -2.14. The monoisotopic (exact) mass is 491 g/mol. The van der Waals surface area contributed by atoms with Crippen molar-refractivity contribution in [2.75, 3.05) is 18.2 Å². The SMILES string of the molecule is COc1cccc2cc(-c3nnc(SCC(=O)Nc4nc(-c5ccccc5)c(C)s4)n3C)oc12. The Morgan fingerprint density at radius 1 is 1.18 bits per heavy atom. The number of ether oxygens (including phenoxy) is 1. The highest BCUT2D eigenvalue weighted by Crippen LogP contribution is 2.34. The number of rotatable bonds is 7. The smallest absolute Gasteiger partial charge is 0.236 e. The van der Waals surface area contributed by atoms with Crippen molar-refractivity contribution in [3.63, 3.8) is 0 Å². The number of methoxy groups -OCH3 is 1. The Balaban J connectivity index is 1.26. The normalized spacial score (nSPS) is 11.1. The molecule has 0 saturated carbocycles. The zero-order valence-electron chi connectivity index (χ0n) is 18.7. The zero-order chi connectivity index (χ0) is 23.7. The lowest BCUT2D eigenvalue weighted by molar-refractivity contribution is -0.113. The van der Waals surface area contributed by atoms with Gasteiger partial charge in [-0.2, -0.15) is 0 Å². The number of carbonyl (C=O) groups is 1. The van der Waals surface area contributed by atoms with Crippen LogP contribution in [0.25, 0.3) is 33.8 Å². The number of para-hydroxylation sites is 1. The number of hydrogen-bond acceptors (Lipinski definition) is 8. The van der Waals surface area contributed by atoms with E-state index in [0.717, 1.165) is 21.5 Å². The van der Waals surface area contributed by atoms with Gasteiger partial charge in [-0.15, -0.1) is 21.5 Å². The number of aromatic nitrogens is 4. The van der Waals surface area contributed by atoms with E-state index in [1.165, 1.54) is 23.1 Å². The third-order valence-electron chi connectivity index (χ3n) is 5.21. The number of nitrogens with one attached hydrogen (secondary N) is 1. The molecule has 0 aliphatic carbocycles. The number of anilines is 1. The topological polar surface area (TPSA) is 95.1 Å². The molecule has 1 amide bonds. The number of furan rings is 1. The van der Waals surface area contributed by atoms with Crippen LogP contribution in [0.15, 0.2) is 64.2 Å². The summed E-state index contributed by atoms with van der Waals surface area (Å²) in [5, 5.41) is 13.5. The van der Waals surface area contributed by atoms with Crippen molar-refractivity contribution in [2.24, 2.45) is 7.05 Å². The highest BCUT2D eigenvalue weighted by atomic mass is 32.2. The van der Waals surface area contributed by atoms with E-state index in [9.17, 15) is 4.79 Å². The second-order valence-electron chi connectivity index (χ2n) is 7.48. The minimum atomic E-state index is -0.156.